The Morgan fingerprint density at radius 3 is 2.63 bits per heavy atom. The first kappa shape index (κ1) is 17.5. The molecule has 140 valence electrons. The molecule has 0 aliphatic carbocycles. The van der Waals surface area contributed by atoms with E-state index in [2.05, 4.69) is 15.3 Å². The van der Waals surface area contributed by atoms with Gasteiger partial charge in [-0.25, -0.2) is 9.67 Å². The summed E-state index contributed by atoms with van der Waals surface area (Å²) in [6, 6.07) is 6.85. The summed E-state index contributed by atoms with van der Waals surface area (Å²) in [7, 11) is 1.54. The zero-order chi connectivity index (χ0) is 19.2. The molecular formula is C16H12F3N5O2S. The lowest BCUT2D eigenvalue weighted by Crippen LogP contribution is -2.12. The lowest BCUT2D eigenvalue weighted by atomic mass is 10.1. The van der Waals surface area contributed by atoms with Crippen molar-refractivity contribution in [3.8, 4) is 11.4 Å². The fourth-order valence-corrected chi connectivity index (χ4v) is 3.66. The minimum atomic E-state index is -4.61. The van der Waals surface area contributed by atoms with Crippen molar-refractivity contribution in [1.82, 2.24) is 24.4 Å². The average Bonchev–Trinajstić information content (AvgIpc) is 3.35. The zero-order valence-electron chi connectivity index (χ0n) is 13.8. The van der Waals surface area contributed by atoms with Crippen LogP contribution in [0.1, 0.15) is 22.4 Å². The van der Waals surface area contributed by atoms with Crippen molar-refractivity contribution in [2.45, 2.75) is 12.3 Å². The molecule has 4 rings (SSSR count). The first-order valence-electron chi connectivity index (χ1n) is 7.65. The number of hydrogen-bond donors (Lipinski definition) is 1. The van der Waals surface area contributed by atoms with Crippen LogP contribution in [0.3, 0.4) is 0 Å². The quantitative estimate of drug-likeness (QED) is 0.575. The van der Waals surface area contributed by atoms with Crippen LogP contribution in [0.25, 0.3) is 10.5 Å². The third-order valence-corrected chi connectivity index (χ3v) is 5.10. The number of rotatable bonds is 4. The van der Waals surface area contributed by atoms with E-state index in [1.807, 2.05) is 0 Å². The molecule has 0 saturated carbocycles. The molecule has 0 saturated heterocycles. The Bertz CT molecular complexity index is 1080. The maximum atomic E-state index is 13.4. The molecule has 27 heavy (non-hydrogen) atoms. The SMILES string of the molecule is COc1ccc(-n2cc(C(O)c3c(C(F)(F)F)sc4cncn34)nn2)cc1. The predicted octanol–water partition coefficient (Wildman–Crippen LogP) is 3.09. The topological polar surface area (TPSA) is 77.5 Å². The molecular weight excluding hydrogens is 383 g/mol. The molecule has 0 bridgehead atoms. The van der Waals surface area contributed by atoms with Crippen LogP contribution in [0, 0.1) is 0 Å². The van der Waals surface area contributed by atoms with E-state index in [0.717, 1.165) is 0 Å². The Morgan fingerprint density at radius 1 is 1.22 bits per heavy atom. The molecule has 1 unspecified atom stereocenters. The molecule has 0 spiro atoms. The first-order valence-corrected chi connectivity index (χ1v) is 8.47. The van der Waals surface area contributed by atoms with Crippen molar-refractivity contribution in [3.05, 3.63) is 59.3 Å². The minimum absolute atomic E-state index is 0.00952. The predicted molar refractivity (Wildman–Crippen MR) is 90.0 cm³/mol. The van der Waals surface area contributed by atoms with E-state index in [9.17, 15) is 18.3 Å². The molecule has 0 amide bonds. The standard InChI is InChI=1S/C16H12F3N5O2S/c1-26-10-4-2-9(3-5-10)24-7-11(21-22-24)14(25)13-15(16(17,18)19)27-12-6-20-8-23(12)13/h2-8,14,25H,1H3. The molecule has 3 heterocycles. The summed E-state index contributed by atoms with van der Waals surface area (Å²) in [4.78, 5) is 3.21. The summed E-state index contributed by atoms with van der Waals surface area (Å²) in [5, 5.41) is 18.3. The van der Waals surface area contributed by atoms with Gasteiger partial charge in [0.25, 0.3) is 0 Å². The van der Waals surface area contributed by atoms with Crippen molar-refractivity contribution >= 4 is 16.2 Å². The van der Waals surface area contributed by atoms with Gasteiger partial charge in [0.2, 0.25) is 0 Å². The lowest BCUT2D eigenvalue weighted by Gasteiger charge is -2.11. The van der Waals surface area contributed by atoms with Crippen LogP contribution in [0.4, 0.5) is 13.2 Å². The van der Waals surface area contributed by atoms with E-state index < -0.39 is 17.2 Å². The lowest BCUT2D eigenvalue weighted by molar-refractivity contribution is -0.135. The number of imidazole rings is 1. The van der Waals surface area contributed by atoms with Gasteiger partial charge in [-0.3, -0.25) is 4.40 Å². The van der Waals surface area contributed by atoms with E-state index in [0.29, 0.717) is 22.8 Å². The van der Waals surface area contributed by atoms with Crippen molar-refractivity contribution in [3.63, 3.8) is 0 Å². The fraction of sp³-hybridized carbons (Fsp3) is 0.188. The van der Waals surface area contributed by atoms with Crippen LogP contribution in [0.15, 0.2) is 43.0 Å². The highest BCUT2D eigenvalue weighted by molar-refractivity contribution is 7.17. The van der Waals surface area contributed by atoms with Crippen LogP contribution in [0.5, 0.6) is 5.75 Å². The van der Waals surface area contributed by atoms with E-state index >= 15 is 0 Å². The van der Waals surface area contributed by atoms with E-state index in [1.54, 1.807) is 24.3 Å². The Kier molecular flexibility index (Phi) is 4.12. The Balaban J connectivity index is 1.73. The number of thiazole rings is 1. The molecule has 1 aromatic carbocycles. The van der Waals surface area contributed by atoms with Gasteiger partial charge in [0, 0.05) is 0 Å². The Labute approximate surface area is 154 Å². The van der Waals surface area contributed by atoms with Crippen LogP contribution >= 0.6 is 11.3 Å². The summed E-state index contributed by atoms with van der Waals surface area (Å²) in [5.41, 5.74) is 0.280. The van der Waals surface area contributed by atoms with Crippen LogP contribution in [-0.4, -0.2) is 36.6 Å². The molecule has 1 atom stereocenters. The van der Waals surface area contributed by atoms with Crippen LogP contribution in [-0.2, 0) is 6.18 Å². The number of benzene rings is 1. The van der Waals surface area contributed by atoms with E-state index in [-0.39, 0.29) is 16.2 Å². The summed E-state index contributed by atoms with van der Waals surface area (Å²) in [6.45, 7) is 0. The van der Waals surface area contributed by atoms with Gasteiger partial charge in [-0.2, -0.15) is 13.2 Å². The van der Waals surface area contributed by atoms with Crippen molar-refractivity contribution in [2.24, 2.45) is 0 Å². The molecule has 0 aliphatic heterocycles. The first-order chi connectivity index (χ1) is 12.9. The van der Waals surface area contributed by atoms with Gasteiger partial charge in [0.1, 0.15) is 33.6 Å². The Hall–Kier alpha value is -2.92. The highest BCUT2D eigenvalue weighted by Crippen LogP contribution is 2.41. The molecule has 0 fully saturated rings. The number of aromatic nitrogens is 5. The number of ether oxygens (including phenoxy) is 1. The molecule has 4 aromatic rings. The maximum absolute atomic E-state index is 13.4. The third kappa shape index (κ3) is 3.04. The van der Waals surface area contributed by atoms with Gasteiger partial charge in [0.05, 0.1) is 30.9 Å². The zero-order valence-corrected chi connectivity index (χ0v) is 14.6. The van der Waals surface area contributed by atoms with Gasteiger partial charge in [0.15, 0.2) is 0 Å². The largest absolute Gasteiger partial charge is 0.497 e. The van der Waals surface area contributed by atoms with Crippen molar-refractivity contribution < 1.29 is 23.0 Å². The second-order valence-corrected chi connectivity index (χ2v) is 6.64. The van der Waals surface area contributed by atoms with Gasteiger partial charge in [-0.05, 0) is 24.3 Å². The third-order valence-electron chi connectivity index (χ3n) is 3.95. The summed E-state index contributed by atoms with van der Waals surface area (Å²) >= 11 is 0.514. The molecule has 0 radical (unpaired) electrons. The summed E-state index contributed by atoms with van der Waals surface area (Å²) in [6.07, 6.45) is -2.30. The number of hydrogen-bond acceptors (Lipinski definition) is 6. The normalized spacial score (nSPS) is 13.2. The van der Waals surface area contributed by atoms with Crippen molar-refractivity contribution in [1.29, 1.82) is 0 Å². The van der Waals surface area contributed by atoms with Crippen LogP contribution < -0.4 is 4.74 Å². The van der Waals surface area contributed by atoms with Gasteiger partial charge >= 0.3 is 6.18 Å². The molecule has 1 N–H and O–H groups in total. The van der Waals surface area contributed by atoms with E-state index in [1.165, 1.54) is 34.9 Å². The monoisotopic (exact) mass is 395 g/mol. The molecule has 11 heteroatoms. The number of aliphatic hydroxyl groups is 1. The number of fused-ring (bicyclic) bond motifs is 1. The maximum Gasteiger partial charge on any atom is 0.427 e. The Morgan fingerprint density at radius 2 is 1.96 bits per heavy atom. The summed E-state index contributed by atoms with van der Waals surface area (Å²) in [5.74, 6) is 0.648. The highest BCUT2D eigenvalue weighted by Gasteiger charge is 2.40. The second kappa shape index (κ2) is 6.35. The summed E-state index contributed by atoms with van der Waals surface area (Å²) < 4.78 is 47.8. The highest BCUT2D eigenvalue weighted by atomic mass is 32.1. The van der Waals surface area contributed by atoms with Gasteiger partial charge in [-0.1, -0.05) is 5.21 Å². The number of nitrogens with zero attached hydrogens (tertiary/aromatic N) is 5. The van der Waals surface area contributed by atoms with Gasteiger partial charge in [-0.15, -0.1) is 16.4 Å². The number of halogens is 3. The van der Waals surface area contributed by atoms with Crippen LogP contribution in [0.2, 0.25) is 0 Å². The number of alkyl halides is 3. The van der Waals surface area contributed by atoms with Gasteiger partial charge < -0.3 is 9.84 Å². The molecule has 7 nitrogen and oxygen atoms in total. The number of methoxy groups -OCH3 is 1. The fourth-order valence-electron chi connectivity index (χ4n) is 2.67. The van der Waals surface area contributed by atoms with E-state index in [4.69, 9.17) is 4.74 Å². The number of aliphatic hydroxyl groups excluding tert-OH is 1. The molecule has 3 aromatic heterocycles. The minimum Gasteiger partial charge on any atom is -0.497 e. The average molecular weight is 395 g/mol. The van der Waals surface area contributed by atoms with Crippen molar-refractivity contribution in [2.75, 3.05) is 7.11 Å². The molecule has 0 aliphatic rings. The smallest absolute Gasteiger partial charge is 0.427 e. The second-order valence-electron chi connectivity index (χ2n) is 5.60.